The third kappa shape index (κ3) is 0.683. The van der Waals surface area contributed by atoms with Crippen LogP contribution in [0.15, 0.2) is 0 Å². The molecule has 0 fully saturated rings. The molecule has 4 heteroatoms. The van der Waals surface area contributed by atoms with E-state index in [-0.39, 0.29) is 0 Å². The lowest BCUT2D eigenvalue weighted by Gasteiger charge is -2.15. The van der Waals surface area contributed by atoms with Gasteiger partial charge in [-0.05, 0) is 13.3 Å². The maximum atomic E-state index is 4.01. The zero-order valence-corrected chi connectivity index (χ0v) is 5.96. The van der Waals surface area contributed by atoms with Crippen LogP contribution in [0.3, 0.4) is 0 Å². The van der Waals surface area contributed by atoms with E-state index < -0.39 is 0 Å². The van der Waals surface area contributed by atoms with Crippen LogP contribution in [0.4, 0.5) is 0 Å². The van der Waals surface area contributed by atoms with E-state index >= 15 is 0 Å². The van der Waals surface area contributed by atoms with Crippen LogP contribution in [0.5, 0.6) is 0 Å². The summed E-state index contributed by atoms with van der Waals surface area (Å²) in [6, 6.07) is 0. The molecular formula is C6H10N4. The lowest BCUT2D eigenvalue weighted by atomic mass is 10.3. The van der Waals surface area contributed by atoms with E-state index in [4.69, 9.17) is 0 Å². The van der Waals surface area contributed by atoms with Gasteiger partial charge in [0, 0.05) is 13.0 Å². The number of nitrogens with one attached hydrogen (secondary N) is 1. The van der Waals surface area contributed by atoms with Crippen LogP contribution in [-0.4, -0.2) is 21.4 Å². The highest BCUT2D eigenvalue weighted by Crippen LogP contribution is 2.05. The van der Waals surface area contributed by atoms with Crippen molar-refractivity contribution < 1.29 is 0 Å². The Kier molecular flexibility index (Phi) is 1.12. The average molecular weight is 138 g/mol. The lowest BCUT2D eigenvalue weighted by Crippen LogP contribution is -2.25. The first-order chi connectivity index (χ1) is 4.88. The van der Waals surface area contributed by atoms with Crippen molar-refractivity contribution >= 4 is 0 Å². The first-order valence-electron chi connectivity index (χ1n) is 3.53. The van der Waals surface area contributed by atoms with Crippen molar-refractivity contribution in [2.45, 2.75) is 19.8 Å². The van der Waals surface area contributed by atoms with Gasteiger partial charge in [0.25, 0.3) is 0 Å². The van der Waals surface area contributed by atoms with Crippen LogP contribution in [0.2, 0.25) is 0 Å². The van der Waals surface area contributed by atoms with E-state index in [0.29, 0.717) is 0 Å². The summed E-state index contributed by atoms with van der Waals surface area (Å²) in [5.74, 6) is 2.01. The summed E-state index contributed by atoms with van der Waals surface area (Å²) in [4.78, 5) is 0. The largest absolute Gasteiger partial charge is 0.323 e. The van der Waals surface area contributed by atoms with E-state index in [9.17, 15) is 0 Å². The Morgan fingerprint density at radius 1 is 1.50 bits per heavy atom. The van der Waals surface area contributed by atoms with Crippen molar-refractivity contribution in [2.75, 3.05) is 12.0 Å². The Hall–Kier alpha value is -1.06. The second-order valence-corrected chi connectivity index (χ2v) is 2.51. The highest BCUT2D eigenvalue weighted by Gasteiger charge is 2.11. The van der Waals surface area contributed by atoms with Crippen molar-refractivity contribution in [1.29, 1.82) is 0 Å². The third-order valence-electron chi connectivity index (χ3n) is 1.74. The number of rotatable bonds is 0. The second kappa shape index (κ2) is 1.97. The van der Waals surface area contributed by atoms with E-state index in [0.717, 1.165) is 31.0 Å². The number of hydrogen-bond acceptors (Lipinski definition) is 3. The molecule has 0 bridgehead atoms. The number of nitrogens with zero attached hydrogens (tertiary/aromatic N) is 3. The van der Waals surface area contributed by atoms with Gasteiger partial charge in [-0.3, -0.25) is 0 Å². The predicted octanol–water partition coefficient (Wildman–Crippen LogP) is 0.0762. The summed E-state index contributed by atoms with van der Waals surface area (Å²) < 4.78 is 1.96. The van der Waals surface area contributed by atoms with Crippen molar-refractivity contribution in [3.63, 3.8) is 0 Å². The number of hydrogen-bond donors (Lipinski definition) is 1. The number of aromatic nitrogens is 3. The maximum absolute atomic E-state index is 4.01. The van der Waals surface area contributed by atoms with Gasteiger partial charge in [-0.15, -0.1) is 10.2 Å². The molecule has 1 aliphatic heterocycles. The van der Waals surface area contributed by atoms with E-state index in [2.05, 4.69) is 15.6 Å². The van der Waals surface area contributed by atoms with E-state index in [1.807, 2.05) is 11.6 Å². The van der Waals surface area contributed by atoms with E-state index in [1.54, 1.807) is 0 Å². The van der Waals surface area contributed by atoms with Gasteiger partial charge in [-0.25, -0.2) is 4.68 Å². The minimum atomic E-state index is 0.953. The molecule has 1 aromatic rings. The lowest BCUT2D eigenvalue weighted by molar-refractivity contribution is 0.638. The van der Waals surface area contributed by atoms with Crippen LogP contribution in [0.1, 0.15) is 18.1 Å². The van der Waals surface area contributed by atoms with Gasteiger partial charge in [0.05, 0.1) is 0 Å². The van der Waals surface area contributed by atoms with Gasteiger partial charge in [-0.2, -0.15) is 0 Å². The fourth-order valence-corrected chi connectivity index (χ4v) is 1.21. The minimum Gasteiger partial charge on any atom is -0.323 e. The second-order valence-electron chi connectivity index (χ2n) is 2.51. The summed E-state index contributed by atoms with van der Waals surface area (Å²) >= 11 is 0. The molecule has 1 aromatic heterocycles. The Balaban J connectivity index is 2.45. The molecule has 1 aliphatic rings. The summed E-state index contributed by atoms with van der Waals surface area (Å²) in [6.45, 7) is 2.99. The van der Waals surface area contributed by atoms with Crippen molar-refractivity contribution in [3.05, 3.63) is 11.6 Å². The zero-order valence-electron chi connectivity index (χ0n) is 5.96. The molecule has 2 rings (SSSR count). The van der Waals surface area contributed by atoms with E-state index in [1.165, 1.54) is 0 Å². The summed E-state index contributed by atoms with van der Waals surface area (Å²) in [5, 5.41) is 7.96. The Morgan fingerprint density at radius 2 is 2.40 bits per heavy atom. The number of aryl methyl sites for hydroxylation is 2. The van der Waals surface area contributed by atoms with Crippen LogP contribution in [0.25, 0.3) is 0 Å². The molecule has 1 N–H and O–H groups in total. The fourth-order valence-electron chi connectivity index (χ4n) is 1.21. The molecule has 0 unspecified atom stereocenters. The summed E-state index contributed by atoms with van der Waals surface area (Å²) in [6.07, 6.45) is 2.21. The third-order valence-corrected chi connectivity index (χ3v) is 1.74. The monoisotopic (exact) mass is 138 g/mol. The van der Waals surface area contributed by atoms with Crippen LogP contribution in [0, 0.1) is 6.92 Å². The summed E-state index contributed by atoms with van der Waals surface area (Å²) in [5.41, 5.74) is 3.20. The highest BCUT2D eigenvalue weighted by molar-refractivity contribution is 5.00. The molecule has 0 radical (unpaired) electrons. The molecular weight excluding hydrogens is 128 g/mol. The molecule has 0 aromatic carbocycles. The average Bonchev–Trinajstić information content (AvgIpc) is 2.34. The van der Waals surface area contributed by atoms with Gasteiger partial charge in [0.15, 0.2) is 5.82 Å². The first-order valence-corrected chi connectivity index (χ1v) is 3.53. The van der Waals surface area contributed by atoms with Gasteiger partial charge in [0.1, 0.15) is 5.82 Å². The van der Waals surface area contributed by atoms with Crippen molar-refractivity contribution in [1.82, 2.24) is 14.9 Å². The van der Waals surface area contributed by atoms with Gasteiger partial charge >= 0.3 is 0 Å². The molecule has 54 valence electrons. The van der Waals surface area contributed by atoms with Crippen LogP contribution < -0.4 is 5.43 Å². The summed E-state index contributed by atoms with van der Waals surface area (Å²) in [7, 11) is 0. The standard InChI is InChI=1S/C6H10N4/c1-5-8-9-6-3-2-4-7-10(5)6/h7H,2-4H2,1H3. The first kappa shape index (κ1) is 5.70. The van der Waals surface area contributed by atoms with Crippen molar-refractivity contribution in [2.24, 2.45) is 0 Å². The number of fused-ring (bicyclic) bond motifs is 1. The molecule has 2 heterocycles. The molecule has 0 amide bonds. The molecule has 0 atom stereocenters. The molecule has 4 nitrogen and oxygen atoms in total. The molecule has 10 heavy (non-hydrogen) atoms. The Labute approximate surface area is 59.2 Å². The minimum absolute atomic E-state index is 0.953. The molecule has 0 spiro atoms. The highest BCUT2D eigenvalue weighted by atomic mass is 15.5. The topological polar surface area (TPSA) is 42.7 Å². The van der Waals surface area contributed by atoms with Crippen LogP contribution in [-0.2, 0) is 6.42 Å². The van der Waals surface area contributed by atoms with Crippen molar-refractivity contribution in [3.8, 4) is 0 Å². The van der Waals surface area contributed by atoms with Gasteiger partial charge < -0.3 is 5.43 Å². The quantitative estimate of drug-likeness (QED) is 0.552. The predicted molar refractivity (Wildman–Crippen MR) is 37.3 cm³/mol. The van der Waals surface area contributed by atoms with Gasteiger partial charge in [0.2, 0.25) is 0 Å². The Bertz CT molecular complexity index is 240. The SMILES string of the molecule is Cc1nnc2n1NCCC2. The van der Waals surface area contributed by atoms with Crippen LogP contribution >= 0.6 is 0 Å². The normalized spacial score (nSPS) is 16.1. The fraction of sp³-hybridized carbons (Fsp3) is 0.667. The maximum Gasteiger partial charge on any atom is 0.152 e. The molecule has 0 saturated heterocycles. The zero-order chi connectivity index (χ0) is 6.97. The molecule has 0 aliphatic carbocycles. The molecule has 0 saturated carbocycles. The smallest absolute Gasteiger partial charge is 0.152 e. The Morgan fingerprint density at radius 3 is 3.20 bits per heavy atom. The van der Waals surface area contributed by atoms with Gasteiger partial charge in [-0.1, -0.05) is 0 Å².